The molecule has 4 rings (SSSR count). The van der Waals surface area contributed by atoms with E-state index in [9.17, 15) is 4.39 Å². The molecule has 3 aromatic rings. The van der Waals surface area contributed by atoms with E-state index in [0.29, 0.717) is 11.5 Å². The predicted octanol–water partition coefficient (Wildman–Crippen LogP) is 3.56. The number of hydrogen-bond acceptors (Lipinski definition) is 6. The van der Waals surface area contributed by atoms with Crippen molar-refractivity contribution < 1.29 is 4.39 Å². The Labute approximate surface area is 162 Å². The van der Waals surface area contributed by atoms with Crippen molar-refractivity contribution in [2.45, 2.75) is 0 Å². The maximum Gasteiger partial charge on any atom is 0.229 e. The number of halogens is 1. The molecule has 28 heavy (non-hydrogen) atoms. The second-order valence-corrected chi connectivity index (χ2v) is 6.50. The highest BCUT2D eigenvalue weighted by Crippen LogP contribution is 2.21. The number of rotatable bonds is 4. The van der Waals surface area contributed by atoms with Crippen molar-refractivity contribution in [1.82, 2.24) is 9.97 Å². The van der Waals surface area contributed by atoms with E-state index >= 15 is 0 Å². The summed E-state index contributed by atoms with van der Waals surface area (Å²) in [6.45, 7) is 3.33. The minimum Gasteiger partial charge on any atom is -0.368 e. The summed E-state index contributed by atoms with van der Waals surface area (Å²) in [5, 5.41) is 12.1. The SMILES string of the molecule is N#Cc1ccc(Nc2nccc(N3CCN(c4ccc(F)cc4)CC3)n2)cc1. The fourth-order valence-corrected chi connectivity index (χ4v) is 3.19. The molecule has 0 saturated carbocycles. The molecule has 7 heteroatoms. The molecule has 1 saturated heterocycles. The Balaban J connectivity index is 1.40. The van der Waals surface area contributed by atoms with Crippen molar-refractivity contribution >= 4 is 23.1 Å². The number of anilines is 4. The number of nitrogens with zero attached hydrogens (tertiary/aromatic N) is 5. The molecule has 0 bridgehead atoms. The summed E-state index contributed by atoms with van der Waals surface area (Å²) >= 11 is 0. The Morgan fingerprint density at radius 3 is 2.25 bits per heavy atom. The quantitative estimate of drug-likeness (QED) is 0.753. The van der Waals surface area contributed by atoms with Crippen LogP contribution >= 0.6 is 0 Å². The van der Waals surface area contributed by atoms with Crippen LogP contribution < -0.4 is 15.1 Å². The van der Waals surface area contributed by atoms with Gasteiger partial charge in [-0.3, -0.25) is 0 Å². The molecule has 1 aliphatic heterocycles. The van der Waals surface area contributed by atoms with Crippen LogP contribution in [0, 0.1) is 17.1 Å². The van der Waals surface area contributed by atoms with E-state index in [1.54, 1.807) is 18.3 Å². The van der Waals surface area contributed by atoms with Crippen molar-refractivity contribution in [3.8, 4) is 6.07 Å². The van der Waals surface area contributed by atoms with E-state index in [1.165, 1.54) is 12.1 Å². The summed E-state index contributed by atoms with van der Waals surface area (Å²) in [6, 6.07) is 17.8. The minimum absolute atomic E-state index is 0.217. The van der Waals surface area contributed by atoms with Crippen LogP contribution in [0.5, 0.6) is 0 Å². The van der Waals surface area contributed by atoms with Gasteiger partial charge in [-0.25, -0.2) is 9.37 Å². The molecule has 2 aromatic carbocycles. The highest BCUT2D eigenvalue weighted by molar-refractivity contribution is 5.57. The lowest BCUT2D eigenvalue weighted by Gasteiger charge is -2.36. The van der Waals surface area contributed by atoms with Crippen LogP contribution in [0.1, 0.15) is 5.56 Å². The number of hydrogen-bond donors (Lipinski definition) is 1. The van der Waals surface area contributed by atoms with Crippen LogP contribution in [0.3, 0.4) is 0 Å². The van der Waals surface area contributed by atoms with Crippen LogP contribution in [0.25, 0.3) is 0 Å². The lowest BCUT2D eigenvalue weighted by Crippen LogP contribution is -2.46. The summed E-state index contributed by atoms with van der Waals surface area (Å²) < 4.78 is 13.1. The number of benzene rings is 2. The smallest absolute Gasteiger partial charge is 0.229 e. The van der Waals surface area contributed by atoms with Gasteiger partial charge in [0.15, 0.2) is 0 Å². The van der Waals surface area contributed by atoms with E-state index in [0.717, 1.165) is 43.4 Å². The van der Waals surface area contributed by atoms with Gasteiger partial charge in [-0.05, 0) is 54.6 Å². The highest BCUT2D eigenvalue weighted by atomic mass is 19.1. The molecule has 6 nitrogen and oxygen atoms in total. The molecule has 1 aliphatic rings. The number of nitriles is 1. The Morgan fingerprint density at radius 1 is 0.893 bits per heavy atom. The van der Waals surface area contributed by atoms with Crippen LogP contribution in [-0.4, -0.2) is 36.1 Å². The molecular weight excluding hydrogens is 355 g/mol. The number of nitrogens with one attached hydrogen (secondary N) is 1. The highest BCUT2D eigenvalue weighted by Gasteiger charge is 2.18. The fourth-order valence-electron chi connectivity index (χ4n) is 3.19. The monoisotopic (exact) mass is 374 g/mol. The minimum atomic E-state index is -0.217. The fraction of sp³-hybridized carbons (Fsp3) is 0.190. The van der Waals surface area contributed by atoms with Crippen molar-refractivity contribution in [1.29, 1.82) is 5.26 Å². The van der Waals surface area contributed by atoms with Gasteiger partial charge in [0, 0.05) is 43.8 Å². The van der Waals surface area contributed by atoms with E-state index in [4.69, 9.17) is 5.26 Å². The van der Waals surface area contributed by atoms with Gasteiger partial charge >= 0.3 is 0 Å². The zero-order valence-electron chi connectivity index (χ0n) is 15.2. The zero-order valence-corrected chi connectivity index (χ0v) is 15.2. The Bertz CT molecular complexity index is 973. The third-order valence-corrected chi connectivity index (χ3v) is 4.71. The zero-order chi connectivity index (χ0) is 19.3. The average molecular weight is 374 g/mol. The van der Waals surface area contributed by atoms with E-state index in [1.807, 2.05) is 30.3 Å². The van der Waals surface area contributed by atoms with Crippen molar-refractivity contribution in [3.05, 3.63) is 72.2 Å². The van der Waals surface area contributed by atoms with E-state index in [-0.39, 0.29) is 5.82 Å². The second-order valence-electron chi connectivity index (χ2n) is 6.50. The second kappa shape index (κ2) is 7.92. The topological polar surface area (TPSA) is 68.1 Å². The van der Waals surface area contributed by atoms with E-state index in [2.05, 4.69) is 31.2 Å². The third-order valence-electron chi connectivity index (χ3n) is 4.71. The van der Waals surface area contributed by atoms with Gasteiger partial charge in [0.2, 0.25) is 5.95 Å². The normalized spacial score (nSPS) is 13.9. The van der Waals surface area contributed by atoms with Crippen molar-refractivity contribution in [2.24, 2.45) is 0 Å². The van der Waals surface area contributed by atoms with Crippen LogP contribution in [0.15, 0.2) is 60.8 Å². The number of aromatic nitrogens is 2. The molecule has 1 N–H and O–H groups in total. The Hall–Kier alpha value is -3.66. The van der Waals surface area contributed by atoms with Crippen LogP contribution in [0.2, 0.25) is 0 Å². The van der Waals surface area contributed by atoms with Gasteiger partial charge in [-0.15, -0.1) is 0 Å². The van der Waals surface area contributed by atoms with Crippen molar-refractivity contribution in [3.63, 3.8) is 0 Å². The first-order valence-corrected chi connectivity index (χ1v) is 9.07. The first-order chi connectivity index (χ1) is 13.7. The summed E-state index contributed by atoms with van der Waals surface area (Å²) in [5.41, 5.74) is 2.48. The molecule has 0 aliphatic carbocycles. The molecular formula is C21H19FN6. The molecule has 0 atom stereocenters. The first-order valence-electron chi connectivity index (χ1n) is 9.07. The van der Waals surface area contributed by atoms with Gasteiger partial charge in [-0.1, -0.05) is 0 Å². The largest absolute Gasteiger partial charge is 0.368 e. The summed E-state index contributed by atoms with van der Waals surface area (Å²) in [4.78, 5) is 13.4. The predicted molar refractivity (Wildman–Crippen MR) is 107 cm³/mol. The molecule has 1 fully saturated rings. The van der Waals surface area contributed by atoms with Gasteiger partial charge in [0.25, 0.3) is 0 Å². The van der Waals surface area contributed by atoms with Gasteiger partial charge < -0.3 is 15.1 Å². The molecule has 0 radical (unpaired) electrons. The Kier molecular flexibility index (Phi) is 5.02. The van der Waals surface area contributed by atoms with Gasteiger partial charge in [0.1, 0.15) is 11.6 Å². The summed E-state index contributed by atoms with van der Waals surface area (Å²) in [6.07, 6.45) is 1.74. The molecule has 2 heterocycles. The molecule has 0 unspecified atom stereocenters. The maximum absolute atomic E-state index is 13.1. The Morgan fingerprint density at radius 2 is 1.57 bits per heavy atom. The maximum atomic E-state index is 13.1. The summed E-state index contributed by atoms with van der Waals surface area (Å²) in [5.74, 6) is 1.17. The van der Waals surface area contributed by atoms with Gasteiger partial charge in [-0.2, -0.15) is 10.2 Å². The van der Waals surface area contributed by atoms with Crippen molar-refractivity contribution in [2.75, 3.05) is 41.3 Å². The summed E-state index contributed by atoms with van der Waals surface area (Å²) in [7, 11) is 0. The molecule has 1 aromatic heterocycles. The molecule has 0 amide bonds. The standard InChI is InChI=1S/C21H19FN6/c22-17-3-7-19(8-4-17)27-11-13-28(14-12-27)20-9-10-24-21(26-20)25-18-5-1-16(15-23)2-6-18/h1-10H,11-14H2,(H,24,25,26). The molecule has 140 valence electrons. The molecule has 0 spiro atoms. The lowest BCUT2D eigenvalue weighted by atomic mass is 10.2. The van der Waals surface area contributed by atoms with E-state index < -0.39 is 0 Å². The van der Waals surface area contributed by atoms with Gasteiger partial charge in [0.05, 0.1) is 11.6 Å². The van der Waals surface area contributed by atoms with Crippen LogP contribution in [0.4, 0.5) is 27.5 Å². The third kappa shape index (κ3) is 4.01. The van der Waals surface area contributed by atoms with Crippen LogP contribution in [-0.2, 0) is 0 Å². The lowest BCUT2D eigenvalue weighted by molar-refractivity contribution is 0.624. The average Bonchev–Trinajstić information content (AvgIpc) is 2.75. The number of piperazine rings is 1. The first kappa shape index (κ1) is 17.7.